The lowest BCUT2D eigenvalue weighted by Gasteiger charge is -2.31. The summed E-state index contributed by atoms with van der Waals surface area (Å²) in [4.78, 5) is 12.2. The average Bonchev–Trinajstić information content (AvgIpc) is 2.57. The van der Waals surface area contributed by atoms with Gasteiger partial charge in [0.25, 0.3) is 0 Å². The zero-order chi connectivity index (χ0) is 19.6. The molecule has 0 saturated carbocycles. The smallest absolute Gasteiger partial charge is 0.133 e. The molecule has 0 bridgehead atoms. The minimum absolute atomic E-state index is 0.304. The summed E-state index contributed by atoms with van der Waals surface area (Å²) < 4.78 is 0. The second-order valence-electron chi connectivity index (χ2n) is 8.76. The largest absolute Gasteiger partial charge is 0.390 e. The summed E-state index contributed by atoms with van der Waals surface area (Å²) in [6.45, 7) is 19.1. The van der Waals surface area contributed by atoms with Crippen molar-refractivity contribution in [1.82, 2.24) is 0 Å². The molecular formula is C23H44O2. The highest BCUT2D eigenvalue weighted by molar-refractivity contribution is 5.78. The first kappa shape index (κ1) is 24.4. The molecule has 0 fully saturated rings. The molecule has 0 aromatic rings. The molecule has 0 aliphatic rings. The number of ketones is 1. The standard InChI is InChI=1S/C23H44O2/c1-9-17(4)20(7)19(6)16-23(8,25)15-14-22(24)13-12-18(5)21(10-2)11-3/h9,17-21,25H,1,10-16H2,2-8H3/t17?,18-,19?,20?,23+/m1/s1. The summed E-state index contributed by atoms with van der Waals surface area (Å²) >= 11 is 0. The Morgan fingerprint density at radius 3 is 2.12 bits per heavy atom. The minimum atomic E-state index is -0.759. The van der Waals surface area contributed by atoms with Crippen LogP contribution in [0.4, 0.5) is 0 Å². The van der Waals surface area contributed by atoms with Gasteiger partial charge in [0, 0.05) is 12.8 Å². The van der Waals surface area contributed by atoms with E-state index >= 15 is 0 Å². The van der Waals surface area contributed by atoms with Gasteiger partial charge in [-0.1, -0.05) is 60.5 Å². The van der Waals surface area contributed by atoms with E-state index in [9.17, 15) is 9.90 Å². The molecular weight excluding hydrogens is 308 g/mol. The zero-order valence-corrected chi connectivity index (χ0v) is 18.0. The second-order valence-corrected chi connectivity index (χ2v) is 8.76. The third kappa shape index (κ3) is 9.58. The molecule has 25 heavy (non-hydrogen) atoms. The predicted octanol–water partition coefficient (Wildman–Crippen LogP) is 6.42. The van der Waals surface area contributed by atoms with E-state index in [1.807, 2.05) is 13.0 Å². The maximum Gasteiger partial charge on any atom is 0.133 e. The summed E-state index contributed by atoms with van der Waals surface area (Å²) in [6.07, 6.45) is 7.83. The normalized spacial score (nSPS) is 19.1. The molecule has 2 nitrogen and oxygen atoms in total. The lowest BCUT2D eigenvalue weighted by Crippen LogP contribution is -2.31. The first-order valence-corrected chi connectivity index (χ1v) is 10.4. The molecule has 0 aliphatic heterocycles. The Kier molecular flexibility index (Phi) is 11.6. The number of hydrogen-bond acceptors (Lipinski definition) is 2. The van der Waals surface area contributed by atoms with E-state index in [1.54, 1.807) is 0 Å². The van der Waals surface area contributed by atoms with Crippen molar-refractivity contribution >= 4 is 5.78 Å². The number of carbonyl (C=O) groups is 1. The first-order chi connectivity index (χ1) is 11.6. The van der Waals surface area contributed by atoms with Gasteiger partial charge < -0.3 is 5.11 Å². The van der Waals surface area contributed by atoms with Gasteiger partial charge in [-0.15, -0.1) is 6.58 Å². The van der Waals surface area contributed by atoms with Crippen LogP contribution in [0.2, 0.25) is 0 Å². The van der Waals surface area contributed by atoms with E-state index in [2.05, 4.69) is 48.1 Å². The summed E-state index contributed by atoms with van der Waals surface area (Å²) in [5, 5.41) is 10.7. The highest BCUT2D eigenvalue weighted by atomic mass is 16.3. The SMILES string of the molecule is C=CC(C)C(C)C(C)C[C@@](C)(O)CCC(=O)CC[C@@H](C)C(CC)CC. The predicted molar refractivity (Wildman–Crippen MR) is 110 cm³/mol. The lowest BCUT2D eigenvalue weighted by molar-refractivity contribution is -0.120. The first-order valence-electron chi connectivity index (χ1n) is 10.4. The summed E-state index contributed by atoms with van der Waals surface area (Å²) in [6, 6.07) is 0. The fraction of sp³-hybridized carbons (Fsp3) is 0.870. The van der Waals surface area contributed by atoms with Crippen molar-refractivity contribution in [2.45, 2.75) is 99.0 Å². The van der Waals surface area contributed by atoms with Gasteiger partial charge in [-0.2, -0.15) is 0 Å². The number of allylic oxidation sites excluding steroid dienone is 1. The quantitative estimate of drug-likeness (QED) is 0.366. The van der Waals surface area contributed by atoms with E-state index in [0.29, 0.717) is 48.7 Å². The summed E-state index contributed by atoms with van der Waals surface area (Å²) in [5.74, 6) is 2.98. The number of Topliss-reactive ketones (excluding diaryl/α,β-unsaturated/α-hetero) is 1. The van der Waals surface area contributed by atoms with Crippen molar-refractivity contribution in [3.05, 3.63) is 12.7 Å². The maximum absolute atomic E-state index is 12.2. The fourth-order valence-corrected chi connectivity index (χ4v) is 3.97. The summed E-state index contributed by atoms with van der Waals surface area (Å²) in [5.41, 5.74) is -0.759. The van der Waals surface area contributed by atoms with Crippen molar-refractivity contribution < 1.29 is 9.90 Å². The lowest BCUT2D eigenvalue weighted by atomic mass is 9.77. The van der Waals surface area contributed by atoms with E-state index in [4.69, 9.17) is 0 Å². The molecule has 2 heteroatoms. The monoisotopic (exact) mass is 352 g/mol. The van der Waals surface area contributed by atoms with Crippen molar-refractivity contribution in [2.75, 3.05) is 0 Å². The molecule has 1 N–H and O–H groups in total. The van der Waals surface area contributed by atoms with Crippen LogP contribution >= 0.6 is 0 Å². The van der Waals surface area contributed by atoms with Crippen molar-refractivity contribution in [1.29, 1.82) is 0 Å². The molecule has 5 atom stereocenters. The van der Waals surface area contributed by atoms with Crippen LogP contribution in [0.25, 0.3) is 0 Å². The van der Waals surface area contributed by atoms with Crippen LogP contribution < -0.4 is 0 Å². The Balaban J connectivity index is 4.30. The maximum atomic E-state index is 12.2. The van der Waals surface area contributed by atoms with Crippen LogP contribution in [0.3, 0.4) is 0 Å². The molecule has 0 aromatic heterocycles. The van der Waals surface area contributed by atoms with Crippen LogP contribution in [0.15, 0.2) is 12.7 Å². The fourth-order valence-electron chi connectivity index (χ4n) is 3.97. The Morgan fingerprint density at radius 1 is 1.08 bits per heavy atom. The van der Waals surface area contributed by atoms with Crippen LogP contribution in [0.1, 0.15) is 93.4 Å². The molecule has 0 rings (SSSR count). The van der Waals surface area contributed by atoms with Gasteiger partial charge >= 0.3 is 0 Å². The van der Waals surface area contributed by atoms with E-state index in [1.165, 1.54) is 12.8 Å². The Bertz CT molecular complexity index is 382. The highest BCUT2D eigenvalue weighted by Gasteiger charge is 2.28. The number of carbonyl (C=O) groups excluding carboxylic acids is 1. The van der Waals surface area contributed by atoms with Crippen LogP contribution in [0, 0.1) is 29.6 Å². The third-order valence-corrected chi connectivity index (χ3v) is 6.53. The van der Waals surface area contributed by atoms with Gasteiger partial charge in [-0.25, -0.2) is 0 Å². The zero-order valence-electron chi connectivity index (χ0n) is 18.0. The van der Waals surface area contributed by atoms with Gasteiger partial charge in [0.2, 0.25) is 0 Å². The van der Waals surface area contributed by atoms with Crippen LogP contribution in [0.5, 0.6) is 0 Å². The molecule has 0 aliphatic carbocycles. The van der Waals surface area contributed by atoms with E-state index < -0.39 is 5.60 Å². The number of hydrogen-bond donors (Lipinski definition) is 1. The van der Waals surface area contributed by atoms with Gasteiger partial charge in [0.15, 0.2) is 0 Å². The number of rotatable bonds is 14. The van der Waals surface area contributed by atoms with Crippen LogP contribution in [-0.4, -0.2) is 16.5 Å². The van der Waals surface area contributed by atoms with Crippen LogP contribution in [-0.2, 0) is 4.79 Å². The average molecular weight is 353 g/mol. The second kappa shape index (κ2) is 11.9. The highest BCUT2D eigenvalue weighted by Crippen LogP contribution is 2.31. The van der Waals surface area contributed by atoms with E-state index in [-0.39, 0.29) is 0 Å². The Hall–Kier alpha value is -0.630. The third-order valence-electron chi connectivity index (χ3n) is 6.53. The van der Waals surface area contributed by atoms with Gasteiger partial charge in [0.05, 0.1) is 5.60 Å². The topological polar surface area (TPSA) is 37.3 Å². The molecule has 0 amide bonds. The summed E-state index contributed by atoms with van der Waals surface area (Å²) in [7, 11) is 0. The molecule has 148 valence electrons. The van der Waals surface area contributed by atoms with Gasteiger partial charge in [0.1, 0.15) is 5.78 Å². The van der Waals surface area contributed by atoms with Crippen molar-refractivity contribution in [2.24, 2.45) is 29.6 Å². The Labute approximate surface area is 157 Å². The van der Waals surface area contributed by atoms with Crippen molar-refractivity contribution in [3.63, 3.8) is 0 Å². The minimum Gasteiger partial charge on any atom is -0.390 e. The molecule has 0 saturated heterocycles. The number of aliphatic hydroxyl groups is 1. The van der Waals surface area contributed by atoms with Crippen molar-refractivity contribution in [3.8, 4) is 0 Å². The van der Waals surface area contributed by atoms with Gasteiger partial charge in [-0.3, -0.25) is 4.79 Å². The molecule has 0 radical (unpaired) electrons. The molecule has 0 spiro atoms. The van der Waals surface area contributed by atoms with E-state index in [0.717, 1.165) is 18.8 Å². The molecule has 0 heterocycles. The molecule has 3 unspecified atom stereocenters. The molecule has 0 aromatic carbocycles. The van der Waals surface area contributed by atoms with Gasteiger partial charge in [-0.05, 0) is 55.8 Å². The Morgan fingerprint density at radius 2 is 1.64 bits per heavy atom.